The van der Waals surface area contributed by atoms with Gasteiger partial charge in [0.05, 0.1) is 11.1 Å². The Hall–Kier alpha value is -2.70. The zero-order valence-corrected chi connectivity index (χ0v) is 19.7. The lowest BCUT2D eigenvalue weighted by Crippen LogP contribution is -2.15. The van der Waals surface area contributed by atoms with Gasteiger partial charge in [-0.2, -0.15) is 0 Å². The number of nitrogens with zero attached hydrogens (tertiary/aromatic N) is 2. The second-order valence-electron chi connectivity index (χ2n) is 7.89. The van der Waals surface area contributed by atoms with Crippen molar-refractivity contribution < 1.29 is 4.79 Å². The molecule has 0 spiro atoms. The van der Waals surface area contributed by atoms with E-state index in [4.69, 9.17) is 0 Å². The molecule has 4 rings (SSSR count). The third-order valence-electron chi connectivity index (χ3n) is 5.35. The number of carbonyl (C=O) groups excluding carboxylic acids is 1. The number of thioether (sulfide) groups is 1. The fraction of sp³-hybridized carbons (Fsp3) is 0.240. The van der Waals surface area contributed by atoms with Crippen molar-refractivity contribution in [2.45, 2.75) is 38.6 Å². The predicted molar refractivity (Wildman–Crippen MR) is 132 cm³/mol. The molecule has 0 bridgehead atoms. The highest BCUT2D eigenvalue weighted by Crippen LogP contribution is 2.38. The number of hydrogen-bond donors (Lipinski definition) is 1. The Morgan fingerprint density at radius 3 is 2.68 bits per heavy atom. The maximum absolute atomic E-state index is 12.7. The van der Waals surface area contributed by atoms with Gasteiger partial charge in [-0.05, 0) is 48.1 Å². The van der Waals surface area contributed by atoms with Gasteiger partial charge in [-0.1, -0.05) is 62.0 Å². The first-order valence-corrected chi connectivity index (χ1v) is 12.1. The first kappa shape index (κ1) is 21.5. The van der Waals surface area contributed by atoms with Crippen LogP contribution in [-0.4, -0.2) is 21.6 Å². The summed E-state index contributed by atoms with van der Waals surface area (Å²) in [7, 11) is 0. The second kappa shape index (κ2) is 9.20. The van der Waals surface area contributed by atoms with Crippen LogP contribution in [0.2, 0.25) is 0 Å². The first-order valence-electron chi connectivity index (χ1n) is 10.3. The van der Waals surface area contributed by atoms with Gasteiger partial charge in [-0.15, -0.1) is 11.3 Å². The van der Waals surface area contributed by atoms with E-state index in [2.05, 4.69) is 72.6 Å². The van der Waals surface area contributed by atoms with Crippen molar-refractivity contribution in [3.05, 3.63) is 70.9 Å². The van der Waals surface area contributed by atoms with Crippen molar-refractivity contribution in [3.8, 4) is 11.1 Å². The molecule has 4 aromatic rings. The standard InChI is InChI=1S/C25H25N3OS2/c1-15(2)19-7-5-6-8-21(19)28-22(29)13-31-25-23-20(12-30-24(23)26-14-27-25)18-10-9-16(3)17(4)11-18/h5-12,14-15H,13H2,1-4H3,(H,28,29). The molecular formula is C25H25N3OS2. The molecular weight excluding hydrogens is 422 g/mol. The molecule has 2 heterocycles. The largest absolute Gasteiger partial charge is 0.325 e. The molecule has 0 saturated heterocycles. The Morgan fingerprint density at radius 2 is 1.90 bits per heavy atom. The van der Waals surface area contributed by atoms with E-state index in [1.807, 2.05) is 18.2 Å². The number of thiophene rings is 1. The van der Waals surface area contributed by atoms with Crippen molar-refractivity contribution in [1.29, 1.82) is 0 Å². The minimum atomic E-state index is -0.0344. The molecule has 0 saturated carbocycles. The van der Waals surface area contributed by atoms with Gasteiger partial charge in [0.15, 0.2) is 0 Å². The molecule has 0 aliphatic carbocycles. The third kappa shape index (κ3) is 4.65. The molecule has 2 aromatic carbocycles. The van der Waals surface area contributed by atoms with Gasteiger partial charge in [0, 0.05) is 16.6 Å². The molecule has 0 unspecified atom stereocenters. The highest BCUT2D eigenvalue weighted by molar-refractivity contribution is 8.00. The number of para-hydroxylation sites is 1. The van der Waals surface area contributed by atoms with Crippen molar-refractivity contribution >= 4 is 44.9 Å². The zero-order valence-electron chi connectivity index (χ0n) is 18.1. The Kier molecular flexibility index (Phi) is 6.39. The van der Waals surface area contributed by atoms with Crippen LogP contribution in [0.25, 0.3) is 21.3 Å². The maximum atomic E-state index is 12.7. The number of benzene rings is 2. The molecule has 0 aliphatic heterocycles. The average Bonchev–Trinajstić information content (AvgIpc) is 3.19. The summed E-state index contributed by atoms with van der Waals surface area (Å²) in [6.07, 6.45) is 1.58. The molecule has 1 amide bonds. The highest BCUT2D eigenvalue weighted by Gasteiger charge is 2.16. The van der Waals surface area contributed by atoms with Crippen LogP contribution in [0.3, 0.4) is 0 Å². The fourth-order valence-corrected chi connectivity index (χ4v) is 5.31. The number of rotatable bonds is 6. The van der Waals surface area contributed by atoms with Gasteiger partial charge < -0.3 is 5.32 Å². The van der Waals surface area contributed by atoms with Crippen LogP contribution in [0.1, 0.15) is 36.5 Å². The number of amides is 1. The van der Waals surface area contributed by atoms with E-state index in [9.17, 15) is 4.79 Å². The molecule has 0 radical (unpaired) electrons. The van der Waals surface area contributed by atoms with Crippen LogP contribution in [0.15, 0.2) is 59.2 Å². The van der Waals surface area contributed by atoms with Crippen LogP contribution in [0.5, 0.6) is 0 Å². The van der Waals surface area contributed by atoms with E-state index in [0.717, 1.165) is 37.6 Å². The summed E-state index contributed by atoms with van der Waals surface area (Å²) in [5.74, 6) is 0.602. The topological polar surface area (TPSA) is 54.9 Å². The minimum Gasteiger partial charge on any atom is -0.325 e. The third-order valence-corrected chi connectivity index (χ3v) is 7.23. The Labute approximate surface area is 191 Å². The van der Waals surface area contributed by atoms with Crippen LogP contribution in [-0.2, 0) is 4.79 Å². The summed E-state index contributed by atoms with van der Waals surface area (Å²) < 4.78 is 0. The van der Waals surface area contributed by atoms with Gasteiger partial charge in [0.1, 0.15) is 16.2 Å². The normalized spacial score (nSPS) is 11.3. The Morgan fingerprint density at radius 1 is 1.10 bits per heavy atom. The minimum absolute atomic E-state index is 0.0344. The van der Waals surface area contributed by atoms with Crippen molar-refractivity contribution in [3.63, 3.8) is 0 Å². The van der Waals surface area contributed by atoms with E-state index >= 15 is 0 Å². The van der Waals surface area contributed by atoms with Crippen LogP contribution in [0.4, 0.5) is 5.69 Å². The van der Waals surface area contributed by atoms with E-state index in [-0.39, 0.29) is 5.91 Å². The summed E-state index contributed by atoms with van der Waals surface area (Å²) in [6, 6.07) is 14.4. The number of carbonyl (C=O) groups is 1. The molecule has 158 valence electrons. The van der Waals surface area contributed by atoms with E-state index < -0.39 is 0 Å². The number of anilines is 1. The number of nitrogens with one attached hydrogen (secondary N) is 1. The predicted octanol–water partition coefficient (Wildman–Crippen LogP) is 6.83. The van der Waals surface area contributed by atoms with Crippen molar-refractivity contribution in [2.75, 3.05) is 11.1 Å². The first-order chi connectivity index (χ1) is 14.9. The summed E-state index contributed by atoms with van der Waals surface area (Å²) in [5.41, 5.74) is 6.82. The lowest BCUT2D eigenvalue weighted by molar-refractivity contribution is -0.113. The average molecular weight is 448 g/mol. The Bertz CT molecular complexity index is 1250. The van der Waals surface area contributed by atoms with Gasteiger partial charge in [-0.25, -0.2) is 9.97 Å². The Balaban J connectivity index is 1.57. The number of aromatic nitrogens is 2. The zero-order chi connectivity index (χ0) is 22.0. The molecule has 31 heavy (non-hydrogen) atoms. The SMILES string of the molecule is Cc1ccc(-c2csc3ncnc(SCC(=O)Nc4ccccc4C(C)C)c23)cc1C. The monoisotopic (exact) mass is 447 g/mol. The lowest BCUT2D eigenvalue weighted by Gasteiger charge is -2.13. The lowest BCUT2D eigenvalue weighted by atomic mass is 10.0. The van der Waals surface area contributed by atoms with E-state index in [1.54, 1.807) is 17.7 Å². The van der Waals surface area contributed by atoms with Crippen LogP contribution in [0, 0.1) is 13.8 Å². The molecule has 2 aromatic heterocycles. The number of aryl methyl sites for hydroxylation is 2. The summed E-state index contributed by atoms with van der Waals surface area (Å²) in [4.78, 5) is 22.6. The van der Waals surface area contributed by atoms with Gasteiger partial charge in [0.25, 0.3) is 0 Å². The quantitative estimate of drug-likeness (QED) is 0.260. The van der Waals surface area contributed by atoms with Gasteiger partial charge >= 0.3 is 0 Å². The van der Waals surface area contributed by atoms with Gasteiger partial charge in [-0.3, -0.25) is 4.79 Å². The van der Waals surface area contributed by atoms with E-state index in [1.165, 1.54) is 22.9 Å². The molecule has 4 nitrogen and oxygen atoms in total. The molecule has 0 fully saturated rings. The van der Waals surface area contributed by atoms with Crippen LogP contribution >= 0.6 is 23.1 Å². The molecule has 0 atom stereocenters. The van der Waals surface area contributed by atoms with Gasteiger partial charge in [0.2, 0.25) is 5.91 Å². The second-order valence-corrected chi connectivity index (χ2v) is 9.71. The molecule has 0 aliphatic rings. The fourth-order valence-electron chi connectivity index (χ4n) is 3.51. The number of fused-ring (bicyclic) bond motifs is 1. The highest BCUT2D eigenvalue weighted by atomic mass is 32.2. The summed E-state index contributed by atoms with van der Waals surface area (Å²) >= 11 is 3.07. The molecule has 6 heteroatoms. The van der Waals surface area contributed by atoms with Crippen LogP contribution < -0.4 is 5.32 Å². The maximum Gasteiger partial charge on any atom is 0.234 e. The molecule has 1 N–H and O–H groups in total. The smallest absolute Gasteiger partial charge is 0.234 e. The van der Waals surface area contributed by atoms with Crippen molar-refractivity contribution in [1.82, 2.24) is 9.97 Å². The summed E-state index contributed by atoms with van der Waals surface area (Å²) in [5, 5.41) is 7.06. The van der Waals surface area contributed by atoms with Crippen molar-refractivity contribution in [2.24, 2.45) is 0 Å². The number of hydrogen-bond acceptors (Lipinski definition) is 5. The summed E-state index contributed by atoms with van der Waals surface area (Å²) in [6.45, 7) is 8.49. The van der Waals surface area contributed by atoms with E-state index in [0.29, 0.717) is 11.7 Å².